The highest BCUT2D eigenvalue weighted by atomic mass is 19.1. The monoisotopic (exact) mass is 363 g/mol. The number of rotatable bonds is 6. The van der Waals surface area contributed by atoms with E-state index in [2.05, 4.69) is 5.32 Å². The van der Waals surface area contributed by atoms with Gasteiger partial charge in [0.1, 0.15) is 11.6 Å². The van der Waals surface area contributed by atoms with Crippen molar-refractivity contribution in [1.82, 2.24) is 5.32 Å². The second kappa shape index (κ2) is 8.49. The van der Waals surface area contributed by atoms with Crippen LogP contribution in [0, 0.1) is 12.7 Å². The van der Waals surface area contributed by atoms with Crippen LogP contribution in [0.2, 0.25) is 0 Å². The second-order valence-electron chi connectivity index (χ2n) is 6.48. The Hall–Kier alpha value is -3.14. The van der Waals surface area contributed by atoms with Gasteiger partial charge in [0.15, 0.2) is 6.10 Å². The molecule has 4 heteroatoms. The van der Waals surface area contributed by atoms with Gasteiger partial charge in [0.2, 0.25) is 0 Å². The van der Waals surface area contributed by atoms with Gasteiger partial charge in [0.25, 0.3) is 5.91 Å². The van der Waals surface area contributed by atoms with Gasteiger partial charge in [-0.15, -0.1) is 0 Å². The molecule has 2 atom stereocenters. The Morgan fingerprint density at radius 3 is 2.11 bits per heavy atom. The van der Waals surface area contributed by atoms with Crippen LogP contribution in [0.5, 0.6) is 5.75 Å². The Kier molecular flexibility index (Phi) is 5.87. The summed E-state index contributed by atoms with van der Waals surface area (Å²) in [5.41, 5.74) is 3.14. The molecule has 3 aromatic carbocycles. The molecule has 0 aliphatic rings. The molecule has 138 valence electrons. The zero-order valence-electron chi connectivity index (χ0n) is 15.4. The van der Waals surface area contributed by atoms with E-state index in [0.29, 0.717) is 5.75 Å². The minimum atomic E-state index is -0.716. The van der Waals surface area contributed by atoms with Gasteiger partial charge in [-0.3, -0.25) is 4.79 Å². The highest BCUT2D eigenvalue weighted by Gasteiger charge is 2.21. The van der Waals surface area contributed by atoms with Crippen LogP contribution in [0.1, 0.15) is 29.7 Å². The zero-order chi connectivity index (χ0) is 19.2. The lowest BCUT2D eigenvalue weighted by molar-refractivity contribution is -0.127. The molecule has 0 fully saturated rings. The summed E-state index contributed by atoms with van der Waals surface area (Å²) >= 11 is 0. The first-order valence-corrected chi connectivity index (χ1v) is 8.87. The number of ether oxygens (including phenoxy) is 1. The van der Waals surface area contributed by atoms with E-state index in [4.69, 9.17) is 4.74 Å². The topological polar surface area (TPSA) is 38.3 Å². The van der Waals surface area contributed by atoms with Crippen LogP contribution in [0.25, 0.3) is 0 Å². The van der Waals surface area contributed by atoms with Gasteiger partial charge >= 0.3 is 0 Å². The molecule has 3 aromatic rings. The number of carbonyl (C=O) groups is 1. The minimum absolute atomic E-state index is 0.242. The molecule has 3 nitrogen and oxygen atoms in total. The Balaban J connectivity index is 1.77. The van der Waals surface area contributed by atoms with Crippen molar-refractivity contribution in [2.45, 2.75) is 26.0 Å². The Morgan fingerprint density at radius 2 is 1.48 bits per heavy atom. The minimum Gasteiger partial charge on any atom is -0.481 e. The Bertz CT molecular complexity index is 877. The fraction of sp³-hybridized carbons (Fsp3) is 0.174. The lowest BCUT2D eigenvalue weighted by Crippen LogP contribution is -2.39. The maximum Gasteiger partial charge on any atom is 0.261 e. The van der Waals surface area contributed by atoms with Crippen molar-refractivity contribution in [1.29, 1.82) is 0 Å². The number of nitrogens with one attached hydrogen (secondary N) is 1. The summed E-state index contributed by atoms with van der Waals surface area (Å²) in [5, 5.41) is 3.06. The van der Waals surface area contributed by atoms with Crippen molar-refractivity contribution < 1.29 is 13.9 Å². The van der Waals surface area contributed by atoms with E-state index >= 15 is 0 Å². The van der Waals surface area contributed by atoms with Gasteiger partial charge in [-0.1, -0.05) is 60.2 Å². The molecule has 0 aliphatic heterocycles. The molecule has 0 saturated carbocycles. The van der Waals surface area contributed by atoms with Crippen molar-refractivity contribution in [3.63, 3.8) is 0 Å². The van der Waals surface area contributed by atoms with Crippen molar-refractivity contribution >= 4 is 5.91 Å². The summed E-state index contributed by atoms with van der Waals surface area (Å²) in [6, 6.07) is 23.2. The average molecular weight is 363 g/mol. The first-order chi connectivity index (χ1) is 13.0. The van der Waals surface area contributed by atoms with Crippen LogP contribution < -0.4 is 10.1 Å². The maximum atomic E-state index is 13.0. The molecule has 1 N–H and O–H groups in total. The maximum absolute atomic E-state index is 13.0. The first kappa shape index (κ1) is 18.6. The summed E-state index contributed by atoms with van der Waals surface area (Å²) in [4.78, 5) is 12.7. The van der Waals surface area contributed by atoms with Crippen LogP contribution in [0.4, 0.5) is 4.39 Å². The van der Waals surface area contributed by atoms with Gasteiger partial charge < -0.3 is 10.1 Å². The van der Waals surface area contributed by atoms with E-state index in [1.165, 1.54) is 24.3 Å². The number of hydrogen-bond acceptors (Lipinski definition) is 2. The Morgan fingerprint density at radius 1 is 0.889 bits per heavy atom. The normalized spacial score (nSPS) is 12.9. The summed E-state index contributed by atoms with van der Waals surface area (Å²) < 4.78 is 18.7. The molecule has 0 saturated heterocycles. The van der Waals surface area contributed by atoms with Crippen LogP contribution in [0.15, 0.2) is 78.9 Å². The fourth-order valence-electron chi connectivity index (χ4n) is 2.79. The summed E-state index contributed by atoms with van der Waals surface area (Å²) in [7, 11) is 0. The molecule has 3 rings (SSSR count). The number of benzene rings is 3. The molecule has 0 aliphatic carbocycles. The third-order valence-corrected chi connectivity index (χ3v) is 4.33. The fourth-order valence-corrected chi connectivity index (χ4v) is 2.79. The predicted octanol–water partition coefficient (Wildman–Crippen LogP) is 4.81. The van der Waals surface area contributed by atoms with Gasteiger partial charge in [-0.2, -0.15) is 0 Å². The molecule has 0 bridgehead atoms. The number of carbonyl (C=O) groups excluding carboxylic acids is 1. The van der Waals surface area contributed by atoms with E-state index in [1.807, 2.05) is 61.5 Å². The molecule has 1 amide bonds. The number of aryl methyl sites for hydroxylation is 1. The molecule has 0 unspecified atom stereocenters. The largest absolute Gasteiger partial charge is 0.481 e. The average Bonchev–Trinajstić information content (AvgIpc) is 2.69. The van der Waals surface area contributed by atoms with E-state index in [-0.39, 0.29) is 17.8 Å². The van der Waals surface area contributed by atoms with Gasteiger partial charge in [0.05, 0.1) is 6.04 Å². The third kappa shape index (κ3) is 4.94. The van der Waals surface area contributed by atoms with Crippen molar-refractivity contribution in [3.05, 3.63) is 101 Å². The SMILES string of the molecule is Cc1ccc([C@H](NC(=O)[C@H](C)Oc2ccc(F)cc2)c2ccccc2)cc1. The van der Waals surface area contributed by atoms with Gasteiger partial charge in [0, 0.05) is 0 Å². The molecular weight excluding hydrogens is 341 g/mol. The predicted molar refractivity (Wildman–Crippen MR) is 104 cm³/mol. The smallest absolute Gasteiger partial charge is 0.261 e. The van der Waals surface area contributed by atoms with Gasteiger partial charge in [-0.25, -0.2) is 4.39 Å². The van der Waals surface area contributed by atoms with E-state index in [1.54, 1.807) is 6.92 Å². The van der Waals surface area contributed by atoms with Crippen molar-refractivity contribution in [2.24, 2.45) is 0 Å². The first-order valence-electron chi connectivity index (χ1n) is 8.87. The Labute approximate surface area is 158 Å². The van der Waals surface area contributed by atoms with Crippen LogP contribution in [0.3, 0.4) is 0 Å². The molecule has 0 radical (unpaired) electrons. The number of amides is 1. The van der Waals surface area contributed by atoms with Crippen LogP contribution in [-0.4, -0.2) is 12.0 Å². The molecule has 0 aromatic heterocycles. The lowest BCUT2D eigenvalue weighted by Gasteiger charge is -2.23. The standard InChI is InChI=1S/C23H22FNO2/c1-16-8-10-19(11-9-16)22(18-6-4-3-5-7-18)25-23(26)17(2)27-21-14-12-20(24)13-15-21/h3-15,17,22H,1-2H3,(H,25,26)/t17-,22+/m0/s1. The molecule has 0 spiro atoms. The summed E-state index contributed by atoms with van der Waals surface area (Å²) in [5.74, 6) is -0.137. The van der Waals surface area contributed by atoms with E-state index in [0.717, 1.165) is 16.7 Å². The number of hydrogen-bond donors (Lipinski definition) is 1. The van der Waals surface area contributed by atoms with Crippen molar-refractivity contribution in [3.8, 4) is 5.75 Å². The molecular formula is C23H22FNO2. The van der Waals surface area contributed by atoms with Crippen LogP contribution in [-0.2, 0) is 4.79 Å². The molecule has 27 heavy (non-hydrogen) atoms. The highest BCUT2D eigenvalue weighted by Crippen LogP contribution is 2.23. The lowest BCUT2D eigenvalue weighted by atomic mass is 9.97. The second-order valence-corrected chi connectivity index (χ2v) is 6.48. The molecule has 0 heterocycles. The van der Waals surface area contributed by atoms with Crippen LogP contribution >= 0.6 is 0 Å². The van der Waals surface area contributed by atoms with Crippen molar-refractivity contribution in [2.75, 3.05) is 0 Å². The highest BCUT2D eigenvalue weighted by molar-refractivity contribution is 5.81. The quantitative estimate of drug-likeness (QED) is 0.683. The summed E-state index contributed by atoms with van der Waals surface area (Å²) in [6.45, 7) is 3.70. The summed E-state index contributed by atoms with van der Waals surface area (Å²) in [6.07, 6.45) is -0.716. The third-order valence-electron chi connectivity index (χ3n) is 4.33. The van der Waals surface area contributed by atoms with E-state index in [9.17, 15) is 9.18 Å². The number of halogens is 1. The van der Waals surface area contributed by atoms with Gasteiger partial charge in [-0.05, 0) is 49.2 Å². The van der Waals surface area contributed by atoms with E-state index < -0.39 is 6.10 Å². The zero-order valence-corrected chi connectivity index (χ0v) is 15.4.